The van der Waals surface area contributed by atoms with Crippen molar-refractivity contribution in [2.45, 2.75) is 69.6 Å². The maximum Gasteiger partial charge on any atom is 0.233 e. The van der Waals surface area contributed by atoms with Gasteiger partial charge in [-0.05, 0) is 37.3 Å². The molecular formula is C22H32N4O4S2. The average molecular weight is 481 g/mol. The predicted octanol–water partition coefficient (Wildman–Crippen LogP) is 3.81. The Morgan fingerprint density at radius 1 is 1.25 bits per heavy atom. The fourth-order valence-corrected chi connectivity index (χ4v) is 7.32. The number of hydrogen-bond acceptors (Lipinski definition) is 7. The molecule has 2 aromatic heterocycles. The first-order valence-electron chi connectivity index (χ1n) is 11.5. The molecule has 1 saturated carbocycles. The topological polar surface area (TPSA) is 98.3 Å². The zero-order valence-corrected chi connectivity index (χ0v) is 20.4. The Morgan fingerprint density at radius 2 is 2.03 bits per heavy atom. The molecule has 3 heterocycles. The Hall–Kier alpha value is -1.81. The maximum absolute atomic E-state index is 13.2. The highest BCUT2D eigenvalue weighted by atomic mass is 32.2. The number of carbonyl (C=O) groups is 1. The second-order valence-corrected chi connectivity index (χ2v) is 12.4. The highest BCUT2D eigenvalue weighted by Gasteiger charge is 2.35. The van der Waals surface area contributed by atoms with Crippen LogP contribution in [0.5, 0.6) is 0 Å². The summed E-state index contributed by atoms with van der Waals surface area (Å²) in [6.07, 6.45) is 7.85. The first-order chi connectivity index (χ1) is 15.3. The summed E-state index contributed by atoms with van der Waals surface area (Å²) < 4.78 is 31.7. The second-order valence-electron chi connectivity index (χ2n) is 9.23. The summed E-state index contributed by atoms with van der Waals surface area (Å²) in [7, 11) is -3.06. The van der Waals surface area contributed by atoms with Crippen molar-refractivity contribution in [3.8, 4) is 11.6 Å². The van der Waals surface area contributed by atoms with Crippen molar-refractivity contribution in [3.63, 3.8) is 0 Å². The first kappa shape index (κ1) is 23.4. The summed E-state index contributed by atoms with van der Waals surface area (Å²) in [5.74, 6) is 2.06. The van der Waals surface area contributed by atoms with Crippen LogP contribution in [0, 0.1) is 5.92 Å². The smallest absolute Gasteiger partial charge is 0.233 e. The Bertz CT molecular complexity index is 1010. The quantitative estimate of drug-likeness (QED) is 0.530. The van der Waals surface area contributed by atoms with Crippen molar-refractivity contribution in [3.05, 3.63) is 18.4 Å². The van der Waals surface area contributed by atoms with E-state index < -0.39 is 9.84 Å². The minimum Gasteiger partial charge on any atom is -0.461 e. The molecule has 1 saturated heterocycles. The fourth-order valence-electron chi connectivity index (χ4n) is 4.70. The van der Waals surface area contributed by atoms with E-state index in [1.807, 2.05) is 26.0 Å². The number of amides is 1. The standard InChI is InChI=1S/C22H32N4O4S2/c1-16(2)13-25(18-10-12-32(28,29)15-18)20(27)14-31-22-24-23-21(19-9-6-11-30-19)26(22)17-7-4-3-5-8-17/h6,9,11,16-18H,3-5,7-8,10,12-15H2,1-2H3. The van der Waals surface area contributed by atoms with Gasteiger partial charge in [0, 0.05) is 18.6 Å². The largest absolute Gasteiger partial charge is 0.461 e. The second kappa shape index (κ2) is 9.99. The van der Waals surface area contributed by atoms with Gasteiger partial charge in [0.15, 0.2) is 20.8 Å². The lowest BCUT2D eigenvalue weighted by atomic mass is 9.95. The molecule has 1 aliphatic carbocycles. The van der Waals surface area contributed by atoms with E-state index in [1.54, 1.807) is 11.2 Å². The van der Waals surface area contributed by atoms with Crippen LogP contribution < -0.4 is 0 Å². The molecule has 2 fully saturated rings. The third kappa shape index (κ3) is 5.39. The number of nitrogens with zero attached hydrogens (tertiary/aromatic N) is 4. The van der Waals surface area contributed by atoms with Crippen molar-refractivity contribution in [1.82, 2.24) is 19.7 Å². The Morgan fingerprint density at radius 3 is 2.66 bits per heavy atom. The van der Waals surface area contributed by atoms with E-state index in [0.29, 0.717) is 30.6 Å². The molecule has 1 aliphatic heterocycles. The average Bonchev–Trinajstić information content (AvgIpc) is 3.50. The number of hydrogen-bond donors (Lipinski definition) is 0. The van der Waals surface area contributed by atoms with Gasteiger partial charge < -0.3 is 9.32 Å². The third-order valence-electron chi connectivity index (χ3n) is 6.20. The number of sulfone groups is 1. The van der Waals surface area contributed by atoms with Crippen molar-refractivity contribution in [2.75, 3.05) is 23.8 Å². The van der Waals surface area contributed by atoms with Crippen LogP contribution in [0.25, 0.3) is 11.6 Å². The molecule has 0 aromatic carbocycles. The van der Waals surface area contributed by atoms with Gasteiger partial charge in [0.25, 0.3) is 0 Å². The van der Waals surface area contributed by atoms with Crippen LogP contribution in [0.2, 0.25) is 0 Å². The van der Waals surface area contributed by atoms with E-state index in [1.165, 1.54) is 31.0 Å². The summed E-state index contributed by atoms with van der Waals surface area (Å²) in [4.78, 5) is 15.0. The lowest BCUT2D eigenvalue weighted by Crippen LogP contribution is -2.44. The molecule has 8 nitrogen and oxygen atoms in total. The molecule has 32 heavy (non-hydrogen) atoms. The van der Waals surface area contributed by atoms with Gasteiger partial charge in [0.2, 0.25) is 11.7 Å². The molecule has 4 rings (SSSR count). The molecule has 1 amide bonds. The Kier molecular flexibility index (Phi) is 7.29. The summed E-state index contributed by atoms with van der Waals surface area (Å²) in [5, 5.41) is 9.53. The zero-order chi connectivity index (χ0) is 22.7. The van der Waals surface area contributed by atoms with E-state index in [2.05, 4.69) is 14.8 Å². The van der Waals surface area contributed by atoms with E-state index in [-0.39, 0.29) is 35.1 Å². The van der Waals surface area contributed by atoms with Gasteiger partial charge in [-0.1, -0.05) is 44.9 Å². The predicted molar refractivity (Wildman–Crippen MR) is 124 cm³/mol. The van der Waals surface area contributed by atoms with Gasteiger partial charge in [0.05, 0.1) is 23.5 Å². The zero-order valence-electron chi connectivity index (χ0n) is 18.8. The monoisotopic (exact) mass is 480 g/mol. The minimum atomic E-state index is -3.06. The lowest BCUT2D eigenvalue weighted by molar-refractivity contribution is -0.130. The summed E-state index contributed by atoms with van der Waals surface area (Å²) in [5.41, 5.74) is 0. The molecule has 2 aliphatic rings. The number of aromatic nitrogens is 3. The normalized spacial score (nSPS) is 21.3. The van der Waals surface area contributed by atoms with E-state index in [4.69, 9.17) is 4.42 Å². The lowest BCUT2D eigenvalue weighted by Gasteiger charge is -2.30. The van der Waals surface area contributed by atoms with Gasteiger partial charge >= 0.3 is 0 Å². The molecular weight excluding hydrogens is 448 g/mol. The molecule has 0 bridgehead atoms. The Balaban J connectivity index is 1.52. The van der Waals surface area contributed by atoms with Crippen LogP contribution in [0.15, 0.2) is 28.0 Å². The van der Waals surface area contributed by atoms with E-state index in [9.17, 15) is 13.2 Å². The number of carbonyl (C=O) groups excluding carboxylic acids is 1. The molecule has 2 aromatic rings. The van der Waals surface area contributed by atoms with Crippen LogP contribution in [0.1, 0.15) is 58.4 Å². The van der Waals surface area contributed by atoms with Crippen LogP contribution in [0.3, 0.4) is 0 Å². The minimum absolute atomic E-state index is 0.0384. The number of rotatable bonds is 8. The molecule has 0 radical (unpaired) electrons. The van der Waals surface area contributed by atoms with Crippen molar-refractivity contribution >= 4 is 27.5 Å². The van der Waals surface area contributed by atoms with E-state index >= 15 is 0 Å². The van der Waals surface area contributed by atoms with Gasteiger partial charge in [0.1, 0.15) is 0 Å². The summed E-state index contributed by atoms with van der Waals surface area (Å²) in [6, 6.07) is 3.78. The first-order valence-corrected chi connectivity index (χ1v) is 14.3. The maximum atomic E-state index is 13.2. The fraction of sp³-hybridized carbons (Fsp3) is 0.682. The number of thioether (sulfide) groups is 1. The van der Waals surface area contributed by atoms with Gasteiger partial charge in [-0.15, -0.1) is 10.2 Å². The summed E-state index contributed by atoms with van der Waals surface area (Å²) in [6.45, 7) is 4.66. The van der Waals surface area contributed by atoms with Gasteiger partial charge in [-0.25, -0.2) is 8.42 Å². The highest BCUT2D eigenvalue weighted by Crippen LogP contribution is 2.36. The van der Waals surface area contributed by atoms with E-state index in [0.717, 1.165) is 18.0 Å². The molecule has 1 atom stereocenters. The SMILES string of the molecule is CC(C)CN(C(=O)CSc1nnc(-c2ccco2)n1C1CCCCC1)C1CCS(=O)(=O)C1. The van der Waals surface area contributed by atoms with Crippen molar-refractivity contribution in [1.29, 1.82) is 0 Å². The van der Waals surface area contributed by atoms with Crippen molar-refractivity contribution < 1.29 is 17.6 Å². The van der Waals surface area contributed by atoms with Crippen molar-refractivity contribution in [2.24, 2.45) is 5.92 Å². The van der Waals surface area contributed by atoms with Crippen LogP contribution in [-0.2, 0) is 14.6 Å². The van der Waals surface area contributed by atoms with Crippen LogP contribution >= 0.6 is 11.8 Å². The Labute approximate surface area is 194 Å². The summed E-state index contributed by atoms with van der Waals surface area (Å²) >= 11 is 1.39. The van der Waals surface area contributed by atoms with Gasteiger partial charge in [-0.2, -0.15) is 0 Å². The molecule has 176 valence electrons. The highest BCUT2D eigenvalue weighted by molar-refractivity contribution is 7.99. The molecule has 0 N–H and O–H groups in total. The molecule has 1 unspecified atom stereocenters. The van der Waals surface area contributed by atoms with Crippen LogP contribution in [-0.4, -0.2) is 63.8 Å². The number of furan rings is 1. The molecule has 10 heteroatoms. The third-order valence-corrected chi connectivity index (χ3v) is 8.88. The van der Waals surface area contributed by atoms with Crippen LogP contribution in [0.4, 0.5) is 0 Å². The molecule has 0 spiro atoms. The van der Waals surface area contributed by atoms with Gasteiger partial charge in [-0.3, -0.25) is 9.36 Å².